The fourth-order valence-electron chi connectivity index (χ4n) is 3.93. The van der Waals surface area contributed by atoms with Gasteiger partial charge in [0.1, 0.15) is 11.5 Å². The van der Waals surface area contributed by atoms with Crippen LogP contribution in [0, 0.1) is 0 Å². The number of hydrogen-bond acceptors (Lipinski definition) is 7. The minimum Gasteiger partial charge on any atom is -0.392 e. The van der Waals surface area contributed by atoms with Crippen LogP contribution < -0.4 is 21.1 Å². The van der Waals surface area contributed by atoms with E-state index in [0.29, 0.717) is 59.4 Å². The van der Waals surface area contributed by atoms with E-state index in [1.807, 2.05) is 13.0 Å². The molecule has 1 aliphatic rings. The summed E-state index contributed by atoms with van der Waals surface area (Å²) >= 11 is 0. The Labute approximate surface area is 203 Å². The van der Waals surface area contributed by atoms with E-state index in [2.05, 4.69) is 32.4 Å². The Morgan fingerprint density at radius 2 is 2.20 bits per heavy atom. The molecule has 10 nitrogen and oxygen atoms in total. The van der Waals surface area contributed by atoms with E-state index < -0.39 is 0 Å². The largest absolute Gasteiger partial charge is 0.392 e. The number of carbonyl (C=O) groups is 1. The highest BCUT2D eigenvalue weighted by Crippen LogP contribution is 2.39. The number of anilines is 3. The first-order valence-corrected chi connectivity index (χ1v) is 11.7. The number of allylic oxidation sites excluding steroid dienone is 1. The van der Waals surface area contributed by atoms with Gasteiger partial charge in [-0.2, -0.15) is 5.10 Å². The zero-order valence-corrected chi connectivity index (χ0v) is 20.0. The number of aliphatic hydroxyl groups is 1. The average Bonchev–Trinajstić information content (AvgIpc) is 3.62. The minimum atomic E-state index is -0.326. The van der Waals surface area contributed by atoms with Gasteiger partial charge in [-0.25, -0.2) is 4.98 Å². The van der Waals surface area contributed by atoms with Crippen LogP contribution in [0.25, 0.3) is 11.1 Å². The highest BCUT2D eigenvalue weighted by Gasteiger charge is 2.25. The van der Waals surface area contributed by atoms with E-state index >= 15 is 0 Å². The Hall–Kier alpha value is -3.92. The smallest absolute Gasteiger partial charge is 0.274 e. The number of nitrogens with one attached hydrogen (secondary N) is 3. The highest BCUT2D eigenvalue weighted by molar-refractivity contribution is 5.81. The summed E-state index contributed by atoms with van der Waals surface area (Å²) < 4.78 is 1.48. The molecule has 184 valence electrons. The van der Waals surface area contributed by atoms with Gasteiger partial charge >= 0.3 is 0 Å². The standard InChI is InChI=1S/C25H31N7O3/c1-4-16(2)26-9-10-32(15-34)24-20(14-33)19(7-8-27-24)18-11-22(25(35)31(3)13-18)28-23-12-21(29-30-23)17-5-6-17/h7-8,11-13,15,17,26,33H,2,4-6,9-10,14H2,1,3H3,(H2,28,29,30). The molecular formula is C25H31N7O3. The lowest BCUT2D eigenvalue weighted by Gasteiger charge is -2.22. The number of nitrogens with zero attached hydrogens (tertiary/aromatic N) is 4. The highest BCUT2D eigenvalue weighted by atomic mass is 16.3. The van der Waals surface area contributed by atoms with Crippen LogP contribution in [0.4, 0.5) is 17.3 Å². The quantitative estimate of drug-likeness (QED) is 0.295. The van der Waals surface area contributed by atoms with Gasteiger partial charge in [0, 0.05) is 67.0 Å². The van der Waals surface area contributed by atoms with E-state index in [1.54, 1.807) is 31.6 Å². The second-order valence-electron chi connectivity index (χ2n) is 8.67. The Morgan fingerprint density at radius 1 is 1.40 bits per heavy atom. The molecule has 0 unspecified atom stereocenters. The van der Waals surface area contributed by atoms with Crippen molar-refractivity contribution in [2.45, 2.75) is 38.7 Å². The molecule has 35 heavy (non-hydrogen) atoms. The van der Waals surface area contributed by atoms with Gasteiger partial charge in [0.2, 0.25) is 6.41 Å². The summed E-state index contributed by atoms with van der Waals surface area (Å²) in [5.74, 6) is 1.46. The maximum absolute atomic E-state index is 12.8. The van der Waals surface area contributed by atoms with Crippen LogP contribution in [0.1, 0.15) is 43.4 Å². The Kier molecular flexibility index (Phi) is 7.31. The molecule has 0 saturated heterocycles. The van der Waals surface area contributed by atoms with Crippen molar-refractivity contribution < 1.29 is 9.90 Å². The third kappa shape index (κ3) is 5.43. The van der Waals surface area contributed by atoms with E-state index in [0.717, 1.165) is 30.7 Å². The Morgan fingerprint density at radius 3 is 2.89 bits per heavy atom. The maximum atomic E-state index is 12.8. The maximum Gasteiger partial charge on any atom is 0.274 e. The first-order chi connectivity index (χ1) is 16.9. The number of aryl methyl sites for hydroxylation is 1. The number of aromatic amines is 1. The van der Waals surface area contributed by atoms with Crippen molar-refractivity contribution >= 4 is 23.7 Å². The predicted molar refractivity (Wildman–Crippen MR) is 136 cm³/mol. The molecule has 0 atom stereocenters. The van der Waals surface area contributed by atoms with Gasteiger partial charge in [0.25, 0.3) is 5.56 Å². The van der Waals surface area contributed by atoms with Gasteiger partial charge in [-0.05, 0) is 37.0 Å². The predicted octanol–water partition coefficient (Wildman–Crippen LogP) is 2.76. The van der Waals surface area contributed by atoms with Gasteiger partial charge in [-0.3, -0.25) is 19.6 Å². The summed E-state index contributed by atoms with van der Waals surface area (Å²) in [5.41, 5.74) is 3.96. The van der Waals surface area contributed by atoms with Crippen molar-refractivity contribution in [1.82, 2.24) is 25.1 Å². The van der Waals surface area contributed by atoms with E-state index in [4.69, 9.17) is 0 Å². The van der Waals surface area contributed by atoms with Crippen LogP contribution in [-0.4, -0.2) is 44.4 Å². The molecule has 3 aromatic heterocycles. The molecule has 4 N–H and O–H groups in total. The van der Waals surface area contributed by atoms with E-state index in [9.17, 15) is 14.7 Å². The van der Waals surface area contributed by atoms with Crippen LogP contribution in [-0.2, 0) is 18.4 Å². The molecule has 0 radical (unpaired) electrons. The summed E-state index contributed by atoms with van der Waals surface area (Å²) in [7, 11) is 1.67. The molecule has 1 fully saturated rings. The summed E-state index contributed by atoms with van der Waals surface area (Å²) in [6.07, 6.45) is 7.07. The number of rotatable bonds is 12. The second-order valence-corrected chi connectivity index (χ2v) is 8.67. The van der Waals surface area contributed by atoms with Crippen molar-refractivity contribution in [3.63, 3.8) is 0 Å². The number of hydrogen-bond donors (Lipinski definition) is 4. The van der Waals surface area contributed by atoms with Crippen LogP contribution >= 0.6 is 0 Å². The molecule has 10 heteroatoms. The minimum absolute atomic E-state index is 0.207. The molecule has 1 saturated carbocycles. The van der Waals surface area contributed by atoms with Crippen molar-refractivity contribution in [2.75, 3.05) is 23.3 Å². The van der Waals surface area contributed by atoms with E-state index in [-0.39, 0.29) is 12.2 Å². The number of H-pyrrole nitrogens is 1. The van der Waals surface area contributed by atoms with Crippen molar-refractivity contribution in [3.8, 4) is 11.1 Å². The van der Waals surface area contributed by atoms with Gasteiger partial charge < -0.3 is 20.3 Å². The lowest BCUT2D eigenvalue weighted by atomic mass is 10.0. The zero-order valence-electron chi connectivity index (χ0n) is 20.0. The van der Waals surface area contributed by atoms with Gasteiger partial charge in [-0.1, -0.05) is 13.5 Å². The normalized spacial score (nSPS) is 12.9. The first-order valence-electron chi connectivity index (χ1n) is 11.7. The summed E-state index contributed by atoms with van der Waals surface area (Å²) in [6, 6.07) is 5.42. The molecule has 4 rings (SSSR count). The molecule has 0 bridgehead atoms. The second kappa shape index (κ2) is 10.6. The van der Waals surface area contributed by atoms with Crippen molar-refractivity contribution in [1.29, 1.82) is 0 Å². The molecule has 1 aliphatic carbocycles. The number of aliphatic hydroxyl groups excluding tert-OH is 1. The number of pyridine rings is 2. The van der Waals surface area contributed by atoms with Gasteiger partial charge in [-0.15, -0.1) is 0 Å². The topological polar surface area (TPSA) is 128 Å². The summed E-state index contributed by atoms with van der Waals surface area (Å²) in [4.78, 5) is 30.5. The van der Waals surface area contributed by atoms with Crippen LogP contribution in [0.5, 0.6) is 0 Å². The summed E-state index contributed by atoms with van der Waals surface area (Å²) in [5, 5.41) is 23.8. The molecule has 3 heterocycles. The molecule has 0 aromatic carbocycles. The Balaban J connectivity index is 1.65. The summed E-state index contributed by atoms with van der Waals surface area (Å²) in [6.45, 7) is 6.44. The monoisotopic (exact) mass is 477 g/mol. The first kappa shape index (κ1) is 24.2. The SMILES string of the molecule is C=C(CC)NCCN(C=O)c1nccc(-c2cc(Nc3cc(C4CC4)[nH]n3)c(=O)n(C)c2)c1CO. The van der Waals surface area contributed by atoms with Crippen molar-refractivity contribution in [3.05, 3.63) is 64.5 Å². The third-order valence-electron chi connectivity index (χ3n) is 6.12. The van der Waals surface area contributed by atoms with Gasteiger partial charge in [0.15, 0.2) is 5.82 Å². The fourth-order valence-corrected chi connectivity index (χ4v) is 3.93. The molecule has 0 spiro atoms. The van der Waals surface area contributed by atoms with Crippen molar-refractivity contribution in [2.24, 2.45) is 7.05 Å². The van der Waals surface area contributed by atoms with Crippen LogP contribution in [0.15, 0.2) is 47.7 Å². The molecule has 0 aliphatic heterocycles. The average molecular weight is 478 g/mol. The molecule has 3 aromatic rings. The number of carbonyl (C=O) groups excluding carboxylic acids is 1. The third-order valence-corrected chi connectivity index (χ3v) is 6.12. The zero-order chi connectivity index (χ0) is 24.9. The lowest BCUT2D eigenvalue weighted by Crippen LogP contribution is -2.32. The number of amides is 1. The van der Waals surface area contributed by atoms with Crippen LogP contribution in [0.2, 0.25) is 0 Å². The fraction of sp³-hybridized carbons (Fsp3) is 0.360. The van der Waals surface area contributed by atoms with E-state index in [1.165, 1.54) is 9.47 Å². The number of aromatic nitrogens is 4. The lowest BCUT2D eigenvalue weighted by molar-refractivity contribution is -0.107. The molecule has 1 amide bonds. The van der Waals surface area contributed by atoms with Gasteiger partial charge in [0.05, 0.1) is 6.61 Å². The Bertz CT molecular complexity index is 1280. The van der Waals surface area contributed by atoms with Crippen LogP contribution in [0.3, 0.4) is 0 Å². The molecular weight excluding hydrogens is 446 g/mol.